The Bertz CT molecular complexity index is 1210. The third-order valence-electron chi connectivity index (χ3n) is 11.8. The SMILES string of the molecule is Cc1c(O)c(O)cc2c1C(C#N)C=C1[C@@]2(C)CC[C@@]2(C)[C@@H]3C[C@](C)(C(=O)O)CC[C@]3(C)CC[C@]12C. The average Bonchev–Trinajstić information content (AvgIpc) is 2.80. The fourth-order valence-electron chi connectivity index (χ4n) is 9.04. The van der Waals surface area contributed by atoms with Crippen LogP contribution in [0.3, 0.4) is 0 Å². The first-order valence-corrected chi connectivity index (χ1v) is 13.1. The number of hydrogen-bond donors (Lipinski definition) is 3. The summed E-state index contributed by atoms with van der Waals surface area (Å²) in [6.07, 6.45) is 8.43. The Morgan fingerprint density at radius 2 is 1.69 bits per heavy atom. The third kappa shape index (κ3) is 2.83. The number of carboxylic acid groups (broad SMARTS) is 1. The molecule has 1 aromatic rings. The topological polar surface area (TPSA) is 102 Å². The highest BCUT2D eigenvalue weighted by Crippen LogP contribution is 2.75. The Morgan fingerprint density at radius 3 is 2.31 bits per heavy atom. The highest BCUT2D eigenvalue weighted by atomic mass is 16.4. The van der Waals surface area contributed by atoms with E-state index in [-0.39, 0.29) is 39.1 Å². The van der Waals surface area contributed by atoms with Gasteiger partial charge in [-0.1, -0.05) is 39.3 Å². The fourth-order valence-corrected chi connectivity index (χ4v) is 9.04. The van der Waals surface area contributed by atoms with Crippen molar-refractivity contribution in [3.8, 4) is 17.6 Å². The molecule has 0 aromatic heterocycles. The summed E-state index contributed by atoms with van der Waals surface area (Å²) in [4.78, 5) is 12.3. The number of aromatic hydroxyl groups is 2. The first-order chi connectivity index (χ1) is 16.2. The molecule has 1 unspecified atom stereocenters. The molecule has 0 aliphatic heterocycles. The number of allylic oxidation sites excluding steroid dienone is 2. The predicted octanol–water partition coefficient (Wildman–Crippen LogP) is 6.71. The Labute approximate surface area is 208 Å². The summed E-state index contributed by atoms with van der Waals surface area (Å²) in [6, 6.07) is 4.16. The van der Waals surface area contributed by atoms with Gasteiger partial charge in [0.2, 0.25) is 0 Å². The molecule has 1 aromatic carbocycles. The van der Waals surface area contributed by atoms with E-state index in [0.717, 1.165) is 49.7 Å². The zero-order valence-corrected chi connectivity index (χ0v) is 22.0. The van der Waals surface area contributed by atoms with E-state index in [1.54, 1.807) is 13.0 Å². The van der Waals surface area contributed by atoms with Crippen molar-refractivity contribution in [1.82, 2.24) is 0 Å². The molecule has 0 radical (unpaired) electrons. The Balaban J connectivity index is 1.69. The molecule has 3 N–H and O–H groups in total. The summed E-state index contributed by atoms with van der Waals surface area (Å²) in [7, 11) is 0. The zero-order valence-electron chi connectivity index (χ0n) is 22.0. The van der Waals surface area contributed by atoms with Gasteiger partial charge in [-0.15, -0.1) is 0 Å². The molecule has 188 valence electrons. The van der Waals surface area contributed by atoms with Gasteiger partial charge in [0.1, 0.15) is 0 Å². The molecule has 5 heteroatoms. The minimum absolute atomic E-state index is 0.0893. The third-order valence-corrected chi connectivity index (χ3v) is 11.8. The lowest BCUT2D eigenvalue weighted by molar-refractivity contribution is -0.177. The standard InChI is InChI=1S/C30H39NO4/c1-17-23-18(16-31)13-21-28(4,19(23)14-20(32)24(17)33)10-12-30(6)22-15-27(3,25(34)35)8-7-26(22,2)9-11-29(21,30)5/h13-14,18,22,32-33H,7-12,15H2,1-6H3,(H,34,35)/t18?,22-,26-,27-,28+,29-,30+/m1/s1. The normalized spacial score (nSPS) is 44.1. The van der Waals surface area contributed by atoms with Gasteiger partial charge in [0.15, 0.2) is 11.5 Å². The van der Waals surface area contributed by atoms with Gasteiger partial charge in [-0.2, -0.15) is 5.26 Å². The molecular formula is C30H39NO4. The van der Waals surface area contributed by atoms with E-state index in [9.17, 15) is 25.4 Å². The van der Waals surface area contributed by atoms with Crippen LogP contribution in [0.25, 0.3) is 0 Å². The van der Waals surface area contributed by atoms with Crippen LogP contribution in [0.4, 0.5) is 0 Å². The van der Waals surface area contributed by atoms with E-state index >= 15 is 0 Å². The van der Waals surface area contributed by atoms with Crippen molar-refractivity contribution in [3.63, 3.8) is 0 Å². The van der Waals surface area contributed by atoms with E-state index in [2.05, 4.69) is 39.8 Å². The van der Waals surface area contributed by atoms with Crippen LogP contribution in [0.5, 0.6) is 11.5 Å². The smallest absolute Gasteiger partial charge is 0.309 e. The minimum Gasteiger partial charge on any atom is -0.504 e. The van der Waals surface area contributed by atoms with Gasteiger partial charge >= 0.3 is 5.97 Å². The van der Waals surface area contributed by atoms with Gasteiger partial charge in [-0.25, -0.2) is 0 Å². The van der Waals surface area contributed by atoms with Crippen LogP contribution in [0.15, 0.2) is 17.7 Å². The van der Waals surface area contributed by atoms with Crippen molar-refractivity contribution in [3.05, 3.63) is 34.4 Å². The van der Waals surface area contributed by atoms with Crippen molar-refractivity contribution >= 4 is 5.97 Å². The molecule has 0 amide bonds. The monoisotopic (exact) mass is 477 g/mol. The molecule has 0 heterocycles. The van der Waals surface area contributed by atoms with Crippen molar-refractivity contribution in [2.24, 2.45) is 27.6 Å². The van der Waals surface area contributed by atoms with Crippen LogP contribution >= 0.6 is 0 Å². The number of carboxylic acids is 1. The van der Waals surface area contributed by atoms with E-state index in [4.69, 9.17) is 0 Å². The number of nitriles is 1. The Hall–Kier alpha value is -2.48. The summed E-state index contributed by atoms with van der Waals surface area (Å²) in [5.74, 6) is -1.15. The average molecular weight is 478 g/mol. The highest BCUT2D eigenvalue weighted by Gasteiger charge is 2.67. The maximum absolute atomic E-state index is 12.3. The van der Waals surface area contributed by atoms with E-state index in [1.165, 1.54) is 5.57 Å². The van der Waals surface area contributed by atoms with Gasteiger partial charge in [0.25, 0.3) is 0 Å². The molecule has 0 spiro atoms. The van der Waals surface area contributed by atoms with Crippen LogP contribution in [0, 0.1) is 45.8 Å². The lowest BCUT2D eigenvalue weighted by Gasteiger charge is -2.70. The second kappa shape index (κ2) is 7.05. The van der Waals surface area contributed by atoms with Crippen LogP contribution in [0.1, 0.15) is 102 Å². The molecule has 7 atom stereocenters. The predicted molar refractivity (Wildman–Crippen MR) is 134 cm³/mol. The van der Waals surface area contributed by atoms with Gasteiger partial charge in [0.05, 0.1) is 17.4 Å². The van der Waals surface area contributed by atoms with Crippen LogP contribution in [0.2, 0.25) is 0 Å². The zero-order chi connectivity index (χ0) is 25.8. The summed E-state index contributed by atoms with van der Waals surface area (Å²) < 4.78 is 0. The highest BCUT2D eigenvalue weighted by molar-refractivity contribution is 5.74. The largest absolute Gasteiger partial charge is 0.504 e. The van der Waals surface area contributed by atoms with E-state index < -0.39 is 17.3 Å². The van der Waals surface area contributed by atoms with Crippen LogP contribution < -0.4 is 0 Å². The minimum atomic E-state index is -0.699. The maximum atomic E-state index is 12.3. The van der Waals surface area contributed by atoms with Crippen LogP contribution in [-0.4, -0.2) is 21.3 Å². The van der Waals surface area contributed by atoms with Crippen molar-refractivity contribution in [2.45, 2.75) is 97.8 Å². The Kier molecular flexibility index (Phi) is 4.88. The first-order valence-electron chi connectivity index (χ1n) is 13.1. The number of aliphatic carboxylic acids is 1. The molecule has 5 nitrogen and oxygen atoms in total. The first kappa shape index (κ1) is 24.2. The van der Waals surface area contributed by atoms with Gasteiger partial charge < -0.3 is 15.3 Å². The number of phenolic OH excluding ortho intramolecular Hbond substituents is 2. The summed E-state index contributed by atoms with van der Waals surface area (Å²) in [5.41, 5.74) is 2.46. The molecule has 3 saturated carbocycles. The molecule has 0 saturated heterocycles. The lowest BCUT2D eigenvalue weighted by Crippen LogP contribution is -2.62. The molecule has 4 aliphatic rings. The maximum Gasteiger partial charge on any atom is 0.309 e. The van der Waals surface area contributed by atoms with Crippen molar-refractivity contribution in [2.75, 3.05) is 0 Å². The van der Waals surface area contributed by atoms with Gasteiger partial charge in [-0.05, 0) is 104 Å². The van der Waals surface area contributed by atoms with Crippen molar-refractivity contribution < 1.29 is 20.1 Å². The number of rotatable bonds is 1. The van der Waals surface area contributed by atoms with Gasteiger partial charge in [0, 0.05) is 5.41 Å². The summed E-state index contributed by atoms with van der Waals surface area (Å²) in [6.45, 7) is 13.1. The molecule has 5 rings (SSSR count). The fraction of sp³-hybridized carbons (Fsp3) is 0.667. The number of phenols is 2. The molecular weight excluding hydrogens is 438 g/mol. The number of nitrogens with zero attached hydrogens (tertiary/aromatic N) is 1. The number of carbonyl (C=O) groups is 1. The second-order valence-electron chi connectivity index (χ2n) is 13.4. The molecule has 3 fully saturated rings. The lowest BCUT2D eigenvalue weighted by atomic mass is 9.34. The quantitative estimate of drug-likeness (QED) is 0.308. The second-order valence-corrected chi connectivity index (χ2v) is 13.4. The van der Waals surface area contributed by atoms with Crippen molar-refractivity contribution in [1.29, 1.82) is 5.26 Å². The van der Waals surface area contributed by atoms with E-state index in [0.29, 0.717) is 12.0 Å². The summed E-state index contributed by atoms with van der Waals surface area (Å²) >= 11 is 0. The van der Waals surface area contributed by atoms with E-state index in [1.807, 2.05) is 6.92 Å². The number of hydrogen-bond acceptors (Lipinski definition) is 4. The molecule has 35 heavy (non-hydrogen) atoms. The molecule has 0 bridgehead atoms. The molecule has 4 aliphatic carbocycles. The Morgan fingerprint density at radius 1 is 1.03 bits per heavy atom. The number of benzene rings is 1. The van der Waals surface area contributed by atoms with Crippen LogP contribution in [-0.2, 0) is 10.2 Å². The van der Waals surface area contributed by atoms with Gasteiger partial charge in [-0.3, -0.25) is 4.79 Å². The summed E-state index contributed by atoms with van der Waals surface area (Å²) in [5, 5.41) is 41.3. The number of fused-ring (bicyclic) bond motifs is 7.